The topological polar surface area (TPSA) is 14.1 Å². The fourth-order valence-electron chi connectivity index (χ4n) is 2.01. The van der Waals surface area contributed by atoms with E-state index in [0.29, 0.717) is 5.02 Å². The Morgan fingerprint density at radius 2 is 1.93 bits per heavy atom. The van der Waals surface area contributed by atoms with Gasteiger partial charge in [-0.1, -0.05) is 29.3 Å². The summed E-state index contributed by atoms with van der Waals surface area (Å²) in [4.78, 5) is 0. The maximum Gasteiger partial charge on any atom is 0.0452 e. The van der Waals surface area contributed by atoms with E-state index in [1.807, 2.05) is 18.2 Å². The van der Waals surface area contributed by atoms with Crippen molar-refractivity contribution in [2.45, 2.75) is 19.3 Å². The largest absolute Gasteiger partial charge is 0.242 e. The van der Waals surface area contributed by atoms with Crippen LogP contribution >= 0.6 is 23.2 Å². The minimum Gasteiger partial charge on any atom is -0.242 e. The summed E-state index contributed by atoms with van der Waals surface area (Å²) >= 11 is 12.0. The van der Waals surface area contributed by atoms with E-state index in [1.54, 1.807) is 0 Å². The molecule has 0 aromatic heterocycles. The molecular formula is C12H14Cl2N. The predicted molar refractivity (Wildman–Crippen MR) is 64.8 cm³/mol. The Bertz CT molecular complexity index is 332. The SMILES string of the molecule is Clc1ccc(CC2CC[N]CC2)c(Cl)c1. The first kappa shape index (κ1) is 11.3. The molecule has 1 aromatic carbocycles. The Kier molecular flexibility index (Phi) is 3.90. The molecule has 15 heavy (non-hydrogen) atoms. The van der Waals surface area contributed by atoms with Gasteiger partial charge in [-0.2, -0.15) is 0 Å². The number of rotatable bonds is 2. The summed E-state index contributed by atoms with van der Waals surface area (Å²) in [5.41, 5.74) is 1.22. The third-order valence-electron chi connectivity index (χ3n) is 2.91. The summed E-state index contributed by atoms with van der Waals surface area (Å²) in [5, 5.41) is 5.86. The summed E-state index contributed by atoms with van der Waals surface area (Å²) < 4.78 is 0. The molecule has 0 spiro atoms. The molecule has 0 unspecified atom stereocenters. The maximum absolute atomic E-state index is 6.14. The number of hydrogen-bond donors (Lipinski definition) is 0. The molecule has 0 saturated carbocycles. The van der Waals surface area contributed by atoms with Gasteiger partial charge in [0.2, 0.25) is 0 Å². The van der Waals surface area contributed by atoms with E-state index in [0.717, 1.165) is 30.5 Å². The van der Waals surface area contributed by atoms with E-state index in [1.165, 1.54) is 18.4 Å². The van der Waals surface area contributed by atoms with E-state index in [2.05, 4.69) is 5.32 Å². The standard InChI is InChI=1S/C12H14Cl2N/c13-11-2-1-10(12(14)8-11)7-9-3-5-15-6-4-9/h1-2,8-9H,3-7H2. The average Bonchev–Trinajstić information content (AvgIpc) is 2.24. The smallest absolute Gasteiger partial charge is 0.0452 e. The highest BCUT2D eigenvalue weighted by Crippen LogP contribution is 2.26. The highest BCUT2D eigenvalue weighted by Gasteiger charge is 2.15. The van der Waals surface area contributed by atoms with E-state index >= 15 is 0 Å². The summed E-state index contributed by atoms with van der Waals surface area (Å²) in [6.45, 7) is 2.02. The molecule has 0 aliphatic carbocycles. The highest BCUT2D eigenvalue weighted by atomic mass is 35.5. The van der Waals surface area contributed by atoms with Gasteiger partial charge in [0.05, 0.1) is 0 Å². The zero-order chi connectivity index (χ0) is 10.7. The quantitative estimate of drug-likeness (QED) is 0.754. The van der Waals surface area contributed by atoms with E-state index in [4.69, 9.17) is 23.2 Å². The van der Waals surface area contributed by atoms with Crippen molar-refractivity contribution in [3.8, 4) is 0 Å². The molecule has 2 rings (SSSR count). The Morgan fingerprint density at radius 1 is 1.20 bits per heavy atom. The molecule has 1 radical (unpaired) electrons. The molecule has 1 aliphatic heterocycles. The number of hydrogen-bond acceptors (Lipinski definition) is 0. The molecule has 0 bridgehead atoms. The van der Waals surface area contributed by atoms with Crippen LogP contribution in [0.15, 0.2) is 18.2 Å². The second-order valence-corrected chi connectivity index (χ2v) is 4.90. The van der Waals surface area contributed by atoms with Crippen LogP contribution in [-0.2, 0) is 6.42 Å². The van der Waals surface area contributed by atoms with Gasteiger partial charge in [0.25, 0.3) is 0 Å². The van der Waals surface area contributed by atoms with Crippen molar-refractivity contribution in [1.29, 1.82) is 0 Å². The normalized spacial score (nSPS) is 18.0. The van der Waals surface area contributed by atoms with Gasteiger partial charge < -0.3 is 0 Å². The van der Waals surface area contributed by atoms with Crippen molar-refractivity contribution in [3.63, 3.8) is 0 Å². The minimum atomic E-state index is 0.711. The first-order chi connectivity index (χ1) is 7.25. The third kappa shape index (κ3) is 3.10. The van der Waals surface area contributed by atoms with Crippen LogP contribution in [0.4, 0.5) is 0 Å². The van der Waals surface area contributed by atoms with Gasteiger partial charge >= 0.3 is 0 Å². The average molecular weight is 243 g/mol. The molecule has 1 heterocycles. The van der Waals surface area contributed by atoms with Gasteiger partial charge in [-0.25, -0.2) is 5.32 Å². The zero-order valence-electron chi connectivity index (χ0n) is 8.55. The number of piperidine rings is 1. The molecule has 1 saturated heterocycles. The summed E-state index contributed by atoms with van der Waals surface area (Å²) in [5.74, 6) is 0.737. The molecule has 1 aromatic rings. The molecule has 0 N–H and O–H groups in total. The van der Waals surface area contributed by atoms with Crippen LogP contribution in [0, 0.1) is 5.92 Å². The van der Waals surface area contributed by atoms with Gasteiger partial charge in [0.1, 0.15) is 0 Å². The molecule has 1 nitrogen and oxygen atoms in total. The number of halogens is 2. The Morgan fingerprint density at radius 3 is 2.60 bits per heavy atom. The monoisotopic (exact) mass is 242 g/mol. The number of benzene rings is 1. The van der Waals surface area contributed by atoms with Crippen molar-refractivity contribution < 1.29 is 0 Å². The predicted octanol–water partition coefficient (Wildman–Crippen LogP) is 3.55. The van der Waals surface area contributed by atoms with E-state index < -0.39 is 0 Å². The summed E-state index contributed by atoms with van der Waals surface area (Å²) in [6.07, 6.45) is 3.45. The Balaban J connectivity index is 2.03. The van der Waals surface area contributed by atoms with Crippen LogP contribution in [0.25, 0.3) is 0 Å². The van der Waals surface area contributed by atoms with Crippen LogP contribution < -0.4 is 5.32 Å². The van der Waals surface area contributed by atoms with Crippen LogP contribution in [0.2, 0.25) is 10.0 Å². The van der Waals surface area contributed by atoms with Crippen molar-refractivity contribution in [2.24, 2.45) is 5.92 Å². The molecule has 81 valence electrons. The van der Waals surface area contributed by atoms with E-state index in [-0.39, 0.29) is 0 Å². The summed E-state index contributed by atoms with van der Waals surface area (Å²) in [7, 11) is 0. The first-order valence-corrected chi connectivity index (χ1v) is 6.08. The van der Waals surface area contributed by atoms with Gasteiger partial charge in [0.15, 0.2) is 0 Å². The van der Waals surface area contributed by atoms with E-state index in [9.17, 15) is 0 Å². The van der Waals surface area contributed by atoms with Gasteiger partial charge in [-0.05, 0) is 42.9 Å². The zero-order valence-corrected chi connectivity index (χ0v) is 10.1. The highest BCUT2D eigenvalue weighted by molar-refractivity contribution is 6.35. The number of nitrogens with zero attached hydrogens (tertiary/aromatic N) is 1. The lowest BCUT2D eigenvalue weighted by Gasteiger charge is -2.21. The first-order valence-electron chi connectivity index (χ1n) is 5.33. The lowest BCUT2D eigenvalue weighted by Crippen LogP contribution is -2.23. The Hall–Kier alpha value is -0.240. The fourth-order valence-corrected chi connectivity index (χ4v) is 2.49. The maximum atomic E-state index is 6.14. The second kappa shape index (κ2) is 5.20. The van der Waals surface area contributed by atoms with Crippen molar-refractivity contribution in [3.05, 3.63) is 33.8 Å². The van der Waals surface area contributed by atoms with Crippen LogP contribution in [0.5, 0.6) is 0 Å². The van der Waals surface area contributed by atoms with Crippen LogP contribution in [0.1, 0.15) is 18.4 Å². The second-order valence-electron chi connectivity index (χ2n) is 4.05. The van der Waals surface area contributed by atoms with Gasteiger partial charge in [0, 0.05) is 23.1 Å². The van der Waals surface area contributed by atoms with Gasteiger partial charge in [-0.15, -0.1) is 0 Å². The third-order valence-corrected chi connectivity index (χ3v) is 3.50. The van der Waals surface area contributed by atoms with Crippen molar-refractivity contribution >= 4 is 23.2 Å². The van der Waals surface area contributed by atoms with Crippen molar-refractivity contribution in [1.82, 2.24) is 5.32 Å². The van der Waals surface area contributed by atoms with Crippen LogP contribution in [0.3, 0.4) is 0 Å². The van der Waals surface area contributed by atoms with Crippen molar-refractivity contribution in [2.75, 3.05) is 13.1 Å². The minimum absolute atomic E-state index is 0.711. The van der Waals surface area contributed by atoms with Gasteiger partial charge in [-0.3, -0.25) is 0 Å². The molecular weight excluding hydrogens is 229 g/mol. The molecule has 1 fully saturated rings. The molecule has 3 heteroatoms. The Labute approximate surface area is 101 Å². The fraction of sp³-hybridized carbons (Fsp3) is 0.500. The molecule has 1 aliphatic rings. The lowest BCUT2D eigenvalue weighted by molar-refractivity contribution is 0.368. The lowest BCUT2D eigenvalue weighted by atomic mass is 9.91. The molecule has 0 amide bonds. The summed E-state index contributed by atoms with van der Waals surface area (Å²) in [6, 6.07) is 5.78. The van der Waals surface area contributed by atoms with Crippen LogP contribution in [-0.4, -0.2) is 13.1 Å². The molecule has 0 atom stereocenters.